The van der Waals surface area contributed by atoms with E-state index in [1.165, 1.54) is 18.2 Å². The number of likely N-dealkylation sites (tertiary alicyclic amines) is 1. The second-order valence-corrected chi connectivity index (χ2v) is 9.95. The highest BCUT2D eigenvalue weighted by molar-refractivity contribution is 6.04. The fourth-order valence-corrected chi connectivity index (χ4v) is 4.53. The molecule has 1 fully saturated rings. The summed E-state index contributed by atoms with van der Waals surface area (Å²) in [5.41, 5.74) is 1.80. The number of H-pyrrole nitrogens is 1. The molecular weight excluding hydrogens is 517 g/mol. The number of carbonyl (C=O) groups excluding carboxylic acids is 1. The van der Waals surface area contributed by atoms with E-state index in [4.69, 9.17) is 5.41 Å². The van der Waals surface area contributed by atoms with E-state index in [9.17, 15) is 18.0 Å². The molecule has 3 aromatic rings. The zero-order chi connectivity index (χ0) is 28.9. The number of aryl methyl sites for hydroxylation is 1. The molecule has 0 saturated carbocycles. The van der Waals surface area contributed by atoms with E-state index in [1.807, 2.05) is 25.9 Å². The molecule has 10 heteroatoms. The standard InChI is InChI=1S/C30H31F3N6O/c1-20-6-7-22(15-21(20)8-11-25-17-35-28(36-25)5-4-13-34)29(40)37-24-10-9-23(27(16-24)30(31,32)33)18-39-14-12-26(19-39)38(2)3/h4-7,9-10,13,15-17,26,34H,12,14,18-19H2,1-3H3,(H,35,36)(H,37,40)/b5-4-,34-13?/t26-/m1/s1. The molecule has 3 N–H and O–H groups in total. The van der Waals surface area contributed by atoms with Gasteiger partial charge in [-0.15, -0.1) is 0 Å². The lowest BCUT2D eigenvalue weighted by molar-refractivity contribution is -0.138. The molecule has 1 aliphatic heterocycles. The van der Waals surface area contributed by atoms with E-state index in [0.29, 0.717) is 29.7 Å². The molecule has 0 aliphatic carbocycles. The summed E-state index contributed by atoms with van der Waals surface area (Å²) in [5.74, 6) is 6.00. The van der Waals surface area contributed by atoms with Crippen molar-refractivity contribution in [3.63, 3.8) is 0 Å². The van der Waals surface area contributed by atoms with Gasteiger partial charge in [-0.2, -0.15) is 13.2 Å². The van der Waals surface area contributed by atoms with E-state index in [1.54, 1.807) is 30.5 Å². The molecule has 0 bridgehead atoms. The van der Waals surface area contributed by atoms with Crippen molar-refractivity contribution in [3.8, 4) is 11.8 Å². The van der Waals surface area contributed by atoms with Gasteiger partial charge in [0.05, 0.1) is 11.8 Å². The Hall–Kier alpha value is -4.20. The number of carbonyl (C=O) groups is 1. The Labute approximate surface area is 231 Å². The van der Waals surface area contributed by atoms with Crippen LogP contribution in [0.5, 0.6) is 0 Å². The predicted molar refractivity (Wildman–Crippen MR) is 150 cm³/mol. The summed E-state index contributed by atoms with van der Waals surface area (Å²) in [6, 6.07) is 9.25. The number of allylic oxidation sites excluding steroid dienone is 1. The summed E-state index contributed by atoms with van der Waals surface area (Å²) in [6.45, 7) is 3.50. The highest BCUT2D eigenvalue weighted by Gasteiger charge is 2.35. The normalized spacial score (nSPS) is 15.8. The van der Waals surface area contributed by atoms with Crippen molar-refractivity contribution in [2.75, 3.05) is 32.5 Å². The molecule has 1 atom stereocenters. The third kappa shape index (κ3) is 7.25. The second kappa shape index (κ2) is 12.3. The van der Waals surface area contributed by atoms with Crippen LogP contribution in [0, 0.1) is 24.2 Å². The van der Waals surface area contributed by atoms with Crippen LogP contribution in [0.4, 0.5) is 18.9 Å². The summed E-state index contributed by atoms with van der Waals surface area (Å²) in [7, 11) is 3.96. The number of amides is 1. The lowest BCUT2D eigenvalue weighted by atomic mass is 10.0. The minimum absolute atomic E-state index is 0.0739. The smallest absolute Gasteiger partial charge is 0.332 e. The van der Waals surface area contributed by atoms with Crippen LogP contribution in [0.25, 0.3) is 6.08 Å². The van der Waals surface area contributed by atoms with Crippen molar-refractivity contribution in [1.29, 1.82) is 5.41 Å². The first kappa shape index (κ1) is 28.8. The molecule has 1 aliphatic rings. The second-order valence-electron chi connectivity index (χ2n) is 9.95. The number of benzene rings is 2. The molecular formula is C30H31F3N6O. The first-order valence-corrected chi connectivity index (χ1v) is 12.8. The van der Waals surface area contributed by atoms with Crippen molar-refractivity contribution in [3.05, 3.63) is 88.0 Å². The Kier molecular flexibility index (Phi) is 8.87. The third-order valence-corrected chi connectivity index (χ3v) is 6.82. The number of alkyl halides is 3. The van der Waals surface area contributed by atoms with Crippen LogP contribution in [0.15, 0.2) is 48.7 Å². The predicted octanol–water partition coefficient (Wildman–Crippen LogP) is 5.19. The number of aromatic nitrogens is 2. The van der Waals surface area contributed by atoms with Gasteiger partial charge in [-0.25, -0.2) is 4.98 Å². The Morgan fingerprint density at radius 2 is 2.05 bits per heavy atom. The Morgan fingerprint density at radius 3 is 2.75 bits per heavy atom. The summed E-state index contributed by atoms with van der Waals surface area (Å²) >= 11 is 0. The van der Waals surface area contributed by atoms with Crippen molar-refractivity contribution < 1.29 is 18.0 Å². The van der Waals surface area contributed by atoms with Gasteiger partial charge < -0.3 is 20.6 Å². The zero-order valence-corrected chi connectivity index (χ0v) is 22.6. The number of rotatable bonds is 7. The maximum absolute atomic E-state index is 14.0. The van der Waals surface area contributed by atoms with Crippen LogP contribution < -0.4 is 5.32 Å². The summed E-state index contributed by atoms with van der Waals surface area (Å²) < 4.78 is 41.9. The van der Waals surface area contributed by atoms with Crippen LogP contribution in [0.3, 0.4) is 0 Å². The van der Waals surface area contributed by atoms with E-state index < -0.39 is 17.6 Å². The first-order chi connectivity index (χ1) is 19.0. The van der Waals surface area contributed by atoms with Crippen molar-refractivity contribution in [1.82, 2.24) is 19.8 Å². The SMILES string of the molecule is Cc1ccc(C(=O)Nc2ccc(CN3CC[C@@H](N(C)C)C3)c(C(F)(F)F)c2)cc1C#Cc1cnc(/C=C\C=N)[nH]1. The van der Waals surface area contributed by atoms with Crippen LogP contribution in [-0.2, 0) is 12.7 Å². The van der Waals surface area contributed by atoms with Gasteiger partial charge in [-0.05, 0) is 80.9 Å². The number of hydrogen-bond donors (Lipinski definition) is 3. The van der Waals surface area contributed by atoms with Crippen LogP contribution >= 0.6 is 0 Å². The topological polar surface area (TPSA) is 88.1 Å². The molecule has 2 aromatic carbocycles. The fraction of sp³-hybridized carbons (Fsp3) is 0.300. The van der Waals surface area contributed by atoms with Gasteiger partial charge in [-0.1, -0.05) is 18.1 Å². The number of halogens is 3. The van der Waals surface area contributed by atoms with Crippen molar-refractivity contribution in [2.45, 2.75) is 32.1 Å². The minimum Gasteiger partial charge on any atom is -0.332 e. The number of nitrogens with one attached hydrogen (secondary N) is 3. The van der Waals surface area contributed by atoms with Gasteiger partial charge in [-0.3, -0.25) is 9.69 Å². The van der Waals surface area contributed by atoms with E-state index in [2.05, 4.69) is 32.0 Å². The van der Waals surface area contributed by atoms with Gasteiger partial charge in [0.15, 0.2) is 0 Å². The molecule has 1 aromatic heterocycles. The summed E-state index contributed by atoms with van der Waals surface area (Å²) in [6.07, 6.45) is 2.23. The number of aromatic amines is 1. The zero-order valence-electron chi connectivity index (χ0n) is 22.6. The monoisotopic (exact) mass is 548 g/mol. The van der Waals surface area contributed by atoms with Gasteiger partial charge >= 0.3 is 6.18 Å². The lowest BCUT2D eigenvalue weighted by Crippen LogP contribution is -2.31. The highest BCUT2D eigenvalue weighted by Crippen LogP contribution is 2.35. The highest BCUT2D eigenvalue weighted by atomic mass is 19.4. The molecule has 208 valence electrons. The Balaban J connectivity index is 1.50. The van der Waals surface area contributed by atoms with Gasteiger partial charge in [0.25, 0.3) is 5.91 Å². The number of hydrogen-bond acceptors (Lipinski definition) is 5. The van der Waals surface area contributed by atoms with Gasteiger partial charge in [0.1, 0.15) is 11.5 Å². The Morgan fingerprint density at radius 1 is 1.25 bits per heavy atom. The van der Waals surface area contributed by atoms with Crippen molar-refractivity contribution >= 4 is 23.9 Å². The quantitative estimate of drug-likeness (QED) is 0.280. The average molecular weight is 549 g/mol. The average Bonchev–Trinajstić information content (AvgIpc) is 3.57. The first-order valence-electron chi connectivity index (χ1n) is 12.8. The van der Waals surface area contributed by atoms with E-state index in [0.717, 1.165) is 30.8 Å². The number of nitrogens with zero attached hydrogens (tertiary/aromatic N) is 3. The summed E-state index contributed by atoms with van der Waals surface area (Å²) in [5, 5.41) is 9.65. The molecule has 0 unspecified atom stereocenters. The van der Waals surface area contributed by atoms with Gasteiger partial charge in [0.2, 0.25) is 0 Å². The molecule has 4 rings (SSSR count). The fourth-order valence-electron chi connectivity index (χ4n) is 4.53. The molecule has 7 nitrogen and oxygen atoms in total. The lowest BCUT2D eigenvalue weighted by Gasteiger charge is -2.22. The Bertz CT molecular complexity index is 1480. The van der Waals surface area contributed by atoms with E-state index in [-0.39, 0.29) is 23.4 Å². The third-order valence-electron chi connectivity index (χ3n) is 6.82. The molecule has 1 amide bonds. The molecule has 2 heterocycles. The molecule has 1 saturated heterocycles. The molecule has 40 heavy (non-hydrogen) atoms. The number of likely N-dealkylation sites (N-methyl/N-ethyl adjacent to an activating group) is 1. The molecule has 0 spiro atoms. The number of anilines is 1. The minimum atomic E-state index is -4.55. The van der Waals surface area contributed by atoms with Gasteiger partial charge in [0, 0.05) is 48.7 Å². The van der Waals surface area contributed by atoms with Crippen molar-refractivity contribution in [2.24, 2.45) is 0 Å². The maximum atomic E-state index is 14.0. The largest absolute Gasteiger partial charge is 0.416 e. The van der Waals surface area contributed by atoms with Crippen LogP contribution in [0.2, 0.25) is 0 Å². The van der Waals surface area contributed by atoms with E-state index >= 15 is 0 Å². The van der Waals surface area contributed by atoms with Crippen LogP contribution in [-0.4, -0.2) is 65.1 Å². The maximum Gasteiger partial charge on any atom is 0.416 e. The van der Waals surface area contributed by atoms with Crippen LogP contribution in [0.1, 0.15) is 50.6 Å². The summed E-state index contributed by atoms with van der Waals surface area (Å²) in [4.78, 5) is 24.3. The molecule has 0 radical (unpaired) electrons. The number of imidazole rings is 1.